The Morgan fingerprint density at radius 1 is 1.00 bits per heavy atom. The number of likely N-dealkylation sites (N-methyl/N-ethyl adjacent to an activating group) is 1. The van der Waals surface area contributed by atoms with Crippen molar-refractivity contribution in [1.29, 1.82) is 0 Å². The van der Waals surface area contributed by atoms with Gasteiger partial charge < -0.3 is 26.5 Å². The predicted octanol–water partition coefficient (Wildman–Crippen LogP) is 1.14. The number of rotatable bonds is 2. The molecule has 0 saturated heterocycles. The summed E-state index contributed by atoms with van der Waals surface area (Å²) in [6.45, 7) is 1.09. The minimum atomic E-state index is -4.32. The molecule has 142 valence electrons. The van der Waals surface area contributed by atoms with Crippen molar-refractivity contribution in [2.24, 2.45) is 0 Å². The van der Waals surface area contributed by atoms with Gasteiger partial charge in [-0.25, -0.2) is 4.58 Å². The van der Waals surface area contributed by atoms with Gasteiger partial charge in [0.25, 0.3) is 0 Å². The summed E-state index contributed by atoms with van der Waals surface area (Å²) < 4.78 is 51.1. The Morgan fingerprint density at radius 3 is 2.33 bits per heavy atom. The average Bonchev–Trinajstić information content (AvgIpc) is 3.06. The second kappa shape index (κ2) is 7.38. The maximum Gasteiger partial charge on any atom is 0.416 e. The summed E-state index contributed by atoms with van der Waals surface area (Å²) in [5.74, 6) is 1.49. The van der Waals surface area contributed by atoms with E-state index in [0.29, 0.717) is 5.56 Å². The Kier molecular flexibility index (Phi) is 5.33. The van der Waals surface area contributed by atoms with Crippen LogP contribution in [-0.2, 0) is 12.6 Å². The second-order valence-corrected chi connectivity index (χ2v) is 6.37. The number of alkyl halides is 3. The van der Waals surface area contributed by atoms with Crippen LogP contribution < -0.4 is 26.5 Å². The van der Waals surface area contributed by atoms with E-state index in [2.05, 4.69) is 4.58 Å². The van der Waals surface area contributed by atoms with Crippen molar-refractivity contribution in [2.45, 2.75) is 12.6 Å². The van der Waals surface area contributed by atoms with Crippen molar-refractivity contribution < 1.29 is 44.2 Å². The number of benzene rings is 2. The number of allylic oxidation sites excluding steroid dienone is 1. The lowest BCUT2D eigenvalue weighted by Gasteiger charge is -2.15. The zero-order chi connectivity index (χ0) is 18.3. The number of hydrogen-bond acceptors (Lipinski definition) is 2. The van der Waals surface area contributed by atoms with Crippen molar-refractivity contribution in [3.05, 3.63) is 64.7 Å². The molecule has 3 nitrogen and oxygen atoms in total. The molecule has 0 radical (unpaired) electrons. The van der Waals surface area contributed by atoms with Crippen molar-refractivity contribution in [3.8, 4) is 11.5 Å². The van der Waals surface area contributed by atoms with Gasteiger partial charge in [0.2, 0.25) is 12.5 Å². The molecule has 0 spiro atoms. The van der Waals surface area contributed by atoms with Crippen LogP contribution in [-0.4, -0.2) is 30.7 Å². The normalized spacial score (nSPS) is 15.7. The standard InChI is InChI=1S/C20H17F3NO2.BrH/c1-24-9-8-14-10-18-19(26-12-25-18)11-16(14)17(24)7-4-13-2-5-15(6-3-13)20(21,22)23;/h2-7,10-11H,8-9,12H2,1H3;1H/q+1;/p-1. The maximum absolute atomic E-state index is 12.7. The predicted molar refractivity (Wildman–Crippen MR) is 91.9 cm³/mol. The third-order valence-corrected chi connectivity index (χ3v) is 4.67. The van der Waals surface area contributed by atoms with Crippen molar-refractivity contribution >= 4 is 11.8 Å². The van der Waals surface area contributed by atoms with Gasteiger partial charge in [-0.05, 0) is 41.5 Å². The fourth-order valence-corrected chi connectivity index (χ4v) is 3.22. The molecule has 2 aliphatic rings. The molecule has 7 heteroatoms. The quantitative estimate of drug-likeness (QED) is 0.654. The van der Waals surface area contributed by atoms with Crippen molar-refractivity contribution in [3.63, 3.8) is 0 Å². The Balaban J connectivity index is 0.00000210. The van der Waals surface area contributed by atoms with E-state index in [1.54, 1.807) is 0 Å². The average molecular weight is 440 g/mol. The van der Waals surface area contributed by atoms with E-state index in [0.717, 1.165) is 47.9 Å². The number of fused-ring (bicyclic) bond motifs is 2. The van der Waals surface area contributed by atoms with E-state index in [4.69, 9.17) is 9.47 Å². The van der Waals surface area contributed by atoms with Crippen LogP contribution in [0.3, 0.4) is 0 Å². The maximum atomic E-state index is 12.7. The van der Waals surface area contributed by atoms with Gasteiger partial charge in [-0.2, -0.15) is 13.2 Å². The molecule has 2 aromatic carbocycles. The lowest BCUT2D eigenvalue weighted by atomic mass is 9.95. The van der Waals surface area contributed by atoms with E-state index in [1.807, 2.05) is 31.3 Å². The zero-order valence-electron chi connectivity index (χ0n) is 14.5. The Morgan fingerprint density at radius 2 is 1.67 bits per heavy atom. The summed E-state index contributed by atoms with van der Waals surface area (Å²) in [6.07, 6.45) is 0.344. The number of ether oxygens (including phenoxy) is 2. The van der Waals surface area contributed by atoms with Crippen LogP contribution >= 0.6 is 0 Å². The first-order chi connectivity index (χ1) is 12.4. The van der Waals surface area contributed by atoms with Gasteiger partial charge in [0, 0.05) is 12.5 Å². The molecule has 2 aliphatic heterocycles. The number of halogens is 4. The second-order valence-electron chi connectivity index (χ2n) is 6.37. The van der Waals surface area contributed by atoms with E-state index < -0.39 is 11.7 Å². The highest BCUT2D eigenvalue weighted by Crippen LogP contribution is 2.36. The van der Waals surface area contributed by atoms with Gasteiger partial charge in [-0.3, -0.25) is 0 Å². The topological polar surface area (TPSA) is 21.5 Å². The van der Waals surface area contributed by atoms with E-state index in [9.17, 15) is 13.2 Å². The van der Waals surface area contributed by atoms with Crippen LogP contribution in [0.2, 0.25) is 0 Å². The van der Waals surface area contributed by atoms with Crippen LogP contribution in [0, 0.1) is 0 Å². The molecule has 0 saturated carbocycles. The molecular formula is C20H17BrF3NO2. The lowest BCUT2D eigenvalue weighted by molar-refractivity contribution is -0.497. The third-order valence-electron chi connectivity index (χ3n) is 4.67. The first-order valence-corrected chi connectivity index (χ1v) is 8.28. The first-order valence-electron chi connectivity index (χ1n) is 8.28. The van der Waals surface area contributed by atoms with Crippen LogP contribution in [0.4, 0.5) is 13.2 Å². The summed E-state index contributed by atoms with van der Waals surface area (Å²) in [5, 5.41) is 0. The van der Waals surface area contributed by atoms with Crippen molar-refractivity contribution in [2.75, 3.05) is 20.4 Å². The Labute approximate surface area is 165 Å². The van der Waals surface area contributed by atoms with Crippen LogP contribution in [0.15, 0.2) is 42.5 Å². The fraction of sp³-hybridized carbons (Fsp3) is 0.250. The highest BCUT2D eigenvalue weighted by atomic mass is 79.9. The summed E-state index contributed by atoms with van der Waals surface area (Å²) >= 11 is 0. The Bertz CT molecular complexity index is 918. The molecule has 0 atom stereocenters. The molecule has 2 aromatic rings. The molecule has 0 aliphatic carbocycles. The Hall–Kier alpha value is -2.28. The number of nitrogens with zero attached hydrogens (tertiary/aromatic N) is 1. The van der Waals surface area contributed by atoms with Crippen LogP contribution in [0.25, 0.3) is 6.08 Å². The molecule has 0 amide bonds. The van der Waals surface area contributed by atoms with E-state index >= 15 is 0 Å². The van der Waals surface area contributed by atoms with Gasteiger partial charge in [0.15, 0.2) is 11.5 Å². The largest absolute Gasteiger partial charge is 1.00 e. The lowest BCUT2D eigenvalue weighted by Crippen LogP contribution is -3.00. The zero-order valence-corrected chi connectivity index (χ0v) is 16.1. The van der Waals surface area contributed by atoms with Gasteiger partial charge in [0.05, 0.1) is 11.1 Å². The summed E-state index contributed by atoms with van der Waals surface area (Å²) in [4.78, 5) is 0. The smallest absolute Gasteiger partial charge is 0.416 e. The monoisotopic (exact) mass is 439 g/mol. The molecule has 0 aromatic heterocycles. The fourth-order valence-electron chi connectivity index (χ4n) is 3.22. The molecule has 0 unspecified atom stereocenters. The molecular weight excluding hydrogens is 423 g/mol. The highest BCUT2D eigenvalue weighted by Gasteiger charge is 2.30. The molecule has 27 heavy (non-hydrogen) atoms. The minimum Gasteiger partial charge on any atom is -1.00 e. The van der Waals surface area contributed by atoms with Gasteiger partial charge in [0.1, 0.15) is 13.6 Å². The van der Waals surface area contributed by atoms with Crippen LogP contribution in [0.1, 0.15) is 22.3 Å². The highest BCUT2D eigenvalue weighted by molar-refractivity contribution is 6.09. The SMILES string of the molecule is C[N+]1=C(C=Cc2ccc(C(F)(F)F)cc2)c2cc3c(cc2CC1)OCO3.[Br-]. The number of hydrogen-bond donors (Lipinski definition) is 0. The summed E-state index contributed by atoms with van der Waals surface area (Å²) in [7, 11) is 2.00. The molecule has 0 bridgehead atoms. The van der Waals surface area contributed by atoms with E-state index in [-0.39, 0.29) is 23.8 Å². The van der Waals surface area contributed by atoms with Crippen LogP contribution in [0.5, 0.6) is 11.5 Å². The first kappa shape index (κ1) is 19.5. The van der Waals surface area contributed by atoms with Crippen molar-refractivity contribution in [1.82, 2.24) is 0 Å². The third kappa shape index (κ3) is 3.88. The molecule has 0 fully saturated rings. The molecule has 0 N–H and O–H groups in total. The van der Waals surface area contributed by atoms with Gasteiger partial charge >= 0.3 is 6.18 Å². The van der Waals surface area contributed by atoms with Gasteiger partial charge in [-0.1, -0.05) is 12.1 Å². The molecule has 4 rings (SSSR count). The summed E-state index contributed by atoms with van der Waals surface area (Å²) in [5.41, 5.74) is 3.32. The van der Waals surface area contributed by atoms with Gasteiger partial charge in [-0.15, -0.1) is 0 Å². The van der Waals surface area contributed by atoms with E-state index in [1.165, 1.54) is 17.7 Å². The minimum absolute atomic E-state index is 0. The molecule has 2 heterocycles. The summed E-state index contributed by atoms with van der Waals surface area (Å²) in [6, 6.07) is 9.13.